The lowest BCUT2D eigenvalue weighted by Gasteiger charge is -2.26. The summed E-state index contributed by atoms with van der Waals surface area (Å²) in [6.45, 7) is 1.46. The summed E-state index contributed by atoms with van der Waals surface area (Å²) in [5.41, 5.74) is 2.79. The average Bonchev–Trinajstić information content (AvgIpc) is 3.62. The SMILES string of the molecule is O=C1COc2ccc(-c3csc(=Nc4ccc(S(=O)(=O)N5CCOCC5)cc4)n3N=Cc3cccs3)cc2N1. The van der Waals surface area contributed by atoms with Gasteiger partial charge in [0.15, 0.2) is 6.61 Å². The summed E-state index contributed by atoms with van der Waals surface area (Å²) in [4.78, 5) is 18.4. The van der Waals surface area contributed by atoms with Crippen LogP contribution < -0.4 is 14.9 Å². The van der Waals surface area contributed by atoms with E-state index in [9.17, 15) is 13.2 Å². The van der Waals surface area contributed by atoms with Crippen LogP contribution in [0.5, 0.6) is 5.75 Å². The number of nitrogens with zero attached hydrogens (tertiary/aromatic N) is 4. The third kappa shape index (κ3) is 5.44. The number of hydrogen-bond acceptors (Lipinski definition) is 9. The van der Waals surface area contributed by atoms with E-state index >= 15 is 0 Å². The number of rotatable bonds is 6. The van der Waals surface area contributed by atoms with Crippen LogP contribution in [0, 0.1) is 0 Å². The summed E-state index contributed by atoms with van der Waals surface area (Å²) in [5.74, 6) is 0.405. The topological polar surface area (TPSA) is 115 Å². The van der Waals surface area contributed by atoms with Crippen molar-refractivity contribution in [3.8, 4) is 17.0 Å². The highest BCUT2D eigenvalue weighted by atomic mass is 32.2. The number of sulfonamides is 1. The number of nitrogens with one attached hydrogen (secondary N) is 1. The lowest BCUT2D eigenvalue weighted by molar-refractivity contribution is -0.118. The Kier molecular flexibility index (Phi) is 7.14. The number of anilines is 1. The van der Waals surface area contributed by atoms with Crippen LogP contribution in [-0.2, 0) is 19.6 Å². The average molecular weight is 582 g/mol. The number of ether oxygens (including phenoxy) is 2. The van der Waals surface area contributed by atoms with E-state index in [1.54, 1.807) is 46.5 Å². The molecule has 0 atom stereocenters. The number of hydrogen-bond donors (Lipinski definition) is 1. The fraction of sp³-hybridized carbons (Fsp3) is 0.192. The van der Waals surface area contributed by atoms with Crippen molar-refractivity contribution in [2.45, 2.75) is 4.90 Å². The molecule has 1 amide bonds. The molecule has 0 bridgehead atoms. The lowest BCUT2D eigenvalue weighted by atomic mass is 10.1. The third-order valence-electron chi connectivity index (χ3n) is 6.11. The van der Waals surface area contributed by atoms with Crippen molar-refractivity contribution in [1.29, 1.82) is 0 Å². The number of carbonyl (C=O) groups is 1. The highest BCUT2D eigenvalue weighted by Crippen LogP contribution is 2.33. The molecule has 2 aliphatic rings. The van der Waals surface area contributed by atoms with E-state index < -0.39 is 10.0 Å². The van der Waals surface area contributed by atoms with E-state index in [1.165, 1.54) is 15.6 Å². The molecule has 2 aromatic carbocycles. The molecule has 2 aliphatic heterocycles. The minimum atomic E-state index is -3.59. The molecule has 0 saturated carbocycles. The molecule has 10 nitrogen and oxygen atoms in total. The van der Waals surface area contributed by atoms with Gasteiger partial charge >= 0.3 is 0 Å². The van der Waals surface area contributed by atoms with Crippen molar-refractivity contribution in [3.63, 3.8) is 0 Å². The molecule has 0 unspecified atom stereocenters. The van der Waals surface area contributed by atoms with Crippen molar-refractivity contribution in [2.75, 3.05) is 38.2 Å². The summed E-state index contributed by atoms with van der Waals surface area (Å²) in [5, 5.41) is 11.5. The first-order valence-electron chi connectivity index (χ1n) is 12.1. The summed E-state index contributed by atoms with van der Waals surface area (Å²) >= 11 is 2.97. The van der Waals surface area contributed by atoms with E-state index in [4.69, 9.17) is 19.6 Å². The summed E-state index contributed by atoms with van der Waals surface area (Å²) in [7, 11) is -3.59. The highest BCUT2D eigenvalue weighted by molar-refractivity contribution is 7.89. The molecule has 4 aromatic rings. The maximum Gasteiger partial charge on any atom is 0.262 e. The minimum Gasteiger partial charge on any atom is -0.482 e. The van der Waals surface area contributed by atoms with Gasteiger partial charge in [-0.15, -0.1) is 22.7 Å². The van der Waals surface area contributed by atoms with Crippen molar-refractivity contribution in [3.05, 3.63) is 75.0 Å². The molecule has 2 aromatic heterocycles. The second kappa shape index (κ2) is 10.9. The van der Waals surface area contributed by atoms with Gasteiger partial charge in [-0.1, -0.05) is 6.07 Å². The van der Waals surface area contributed by atoms with E-state index in [-0.39, 0.29) is 17.4 Å². The number of thiophene rings is 1. The highest BCUT2D eigenvalue weighted by Gasteiger charge is 2.26. The first kappa shape index (κ1) is 25.6. The van der Waals surface area contributed by atoms with Crippen LogP contribution in [0.25, 0.3) is 11.3 Å². The lowest BCUT2D eigenvalue weighted by Crippen LogP contribution is -2.40. The zero-order chi connectivity index (χ0) is 26.8. The molecular formula is C26H23N5O5S3. The van der Waals surface area contributed by atoms with Crippen molar-refractivity contribution >= 4 is 56.2 Å². The van der Waals surface area contributed by atoms with Gasteiger partial charge in [0.05, 0.1) is 41.4 Å². The second-order valence-corrected chi connectivity index (χ2v) is 12.4. The standard InChI is InChI=1S/C26H23N5O5S3/c32-25-16-36-24-8-3-18(14-22(24)29-25)23-17-38-26(31(23)27-15-20-2-1-13-37-20)28-19-4-6-21(7-5-19)39(33,34)30-9-11-35-12-10-30/h1-8,13-15,17H,9-12,16H2,(H,29,32). The molecule has 1 saturated heterocycles. The van der Waals surface area contributed by atoms with Gasteiger partial charge in [0.25, 0.3) is 5.91 Å². The molecule has 1 fully saturated rings. The molecule has 4 heterocycles. The van der Waals surface area contributed by atoms with Gasteiger partial charge < -0.3 is 14.8 Å². The molecule has 200 valence electrons. The van der Waals surface area contributed by atoms with Gasteiger partial charge in [-0.3, -0.25) is 4.79 Å². The third-order valence-corrected chi connectivity index (χ3v) is 9.64. The molecule has 6 rings (SSSR count). The Labute approximate surface area is 232 Å². The van der Waals surface area contributed by atoms with Gasteiger partial charge in [0, 0.05) is 28.9 Å². The maximum atomic E-state index is 13.0. The molecule has 0 radical (unpaired) electrons. The number of thiazole rings is 1. The zero-order valence-corrected chi connectivity index (χ0v) is 23.0. The number of benzene rings is 2. The van der Waals surface area contributed by atoms with Gasteiger partial charge in [-0.05, 0) is 53.9 Å². The molecule has 13 heteroatoms. The predicted molar refractivity (Wildman–Crippen MR) is 150 cm³/mol. The van der Waals surface area contributed by atoms with Crippen LogP contribution in [0.15, 0.2) is 80.3 Å². The Hall–Kier alpha value is -3.62. The largest absolute Gasteiger partial charge is 0.482 e. The summed E-state index contributed by atoms with van der Waals surface area (Å²) < 4.78 is 39.9. The van der Waals surface area contributed by atoms with Gasteiger partial charge in [0.1, 0.15) is 5.75 Å². The first-order valence-corrected chi connectivity index (χ1v) is 15.3. The number of aromatic nitrogens is 1. The number of carbonyl (C=O) groups excluding carboxylic acids is 1. The van der Waals surface area contributed by atoms with Crippen molar-refractivity contribution in [1.82, 2.24) is 8.98 Å². The Balaban J connectivity index is 1.37. The quantitative estimate of drug-likeness (QED) is 0.349. The number of morpholine rings is 1. The van der Waals surface area contributed by atoms with Crippen LogP contribution in [0.1, 0.15) is 4.88 Å². The van der Waals surface area contributed by atoms with E-state index in [2.05, 4.69) is 5.32 Å². The second-order valence-electron chi connectivity index (χ2n) is 8.65. The van der Waals surface area contributed by atoms with Gasteiger partial charge in [0.2, 0.25) is 14.8 Å². The smallest absolute Gasteiger partial charge is 0.262 e. The van der Waals surface area contributed by atoms with Crippen molar-refractivity contribution < 1.29 is 22.7 Å². The van der Waals surface area contributed by atoms with Crippen LogP contribution in [0.3, 0.4) is 0 Å². The monoisotopic (exact) mass is 581 g/mol. The van der Waals surface area contributed by atoms with E-state index in [0.717, 1.165) is 16.1 Å². The Morgan fingerprint density at radius 1 is 1.03 bits per heavy atom. The first-order chi connectivity index (χ1) is 19.0. The van der Waals surface area contributed by atoms with Gasteiger partial charge in [-0.2, -0.15) is 9.41 Å². The normalized spacial score (nSPS) is 16.7. The molecule has 0 aliphatic carbocycles. The van der Waals surface area contributed by atoms with E-state index in [0.29, 0.717) is 48.2 Å². The maximum absolute atomic E-state index is 13.0. The number of fused-ring (bicyclic) bond motifs is 1. The van der Waals surface area contributed by atoms with E-state index in [1.807, 2.05) is 41.1 Å². The Morgan fingerprint density at radius 2 is 1.85 bits per heavy atom. The predicted octanol–water partition coefficient (Wildman–Crippen LogP) is 3.74. The molecule has 39 heavy (non-hydrogen) atoms. The minimum absolute atomic E-state index is 0.00846. The Morgan fingerprint density at radius 3 is 2.62 bits per heavy atom. The summed E-state index contributed by atoms with van der Waals surface area (Å²) in [6.07, 6.45) is 1.77. The molecular weight excluding hydrogens is 559 g/mol. The van der Waals surface area contributed by atoms with Crippen LogP contribution in [0.4, 0.5) is 11.4 Å². The zero-order valence-electron chi connectivity index (χ0n) is 20.5. The van der Waals surface area contributed by atoms with Crippen LogP contribution in [0.2, 0.25) is 0 Å². The fourth-order valence-electron chi connectivity index (χ4n) is 4.15. The van der Waals surface area contributed by atoms with Crippen molar-refractivity contribution in [2.24, 2.45) is 10.1 Å². The summed E-state index contributed by atoms with van der Waals surface area (Å²) in [6, 6.07) is 16.0. The number of amides is 1. The Bertz CT molecular complexity index is 1700. The molecule has 0 spiro atoms. The fourth-order valence-corrected chi connectivity index (χ4v) is 6.99. The van der Waals surface area contributed by atoms with Crippen LogP contribution >= 0.6 is 22.7 Å². The van der Waals surface area contributed by atoms with Gasteiger partial charge in [-0.25, -0.2) is 18.1 Å². The van der Waals surface area contributed by atoms with Crippen LogP contribution in [-0.4, -0.2) is 62.4 Å². The molecule has 1 N–H and O–H groups in total.